The van der Waals surface area contributed by atoms with Crippen LogP contribution in [-0.2, 0) is 0 Å². The summed E-state index contributed by atoms with van der Waals surface area (Å²) in [7, 11) is 0. The predicted molar refractivity (Wildman–Crippen MR) is 78.2 cm³/mol. The quantitative estimate of drug-likeness (QED) is 0.891. The van der Waals surface area contributed by atoms with Gasteiger partial charge in [0.25, 0.3) is 0 Å². The minimum Gasteiger partial charge on any atom is -0.391 e. The van der Waals surface area contributed by atoms with Crippen LogP contribution in [0.4, 0.5) is 4.39 Å². The fourth-order valence-corrected chi connectivity index (χ4v) is 2.80. The SMILES string of the molecule is Cl.N[C@@H](c1ccc(Cl)c(F)c1)[C@H](O)C1CCCCC1. The molecule has 2 nitrogen and oxygen atoms in total. The van der Waals surface area contributed by atoms with E-state index in [1.165, 1.54) is 18.6 Å². The molecule has 1 saturated carbocycles. The number of hydrogen-bond donors (Lipinski definition) is 2. The fraction of sp³-hybridized carbons (Fsp3) is 0.571. The molecule has 2 atom stereocenters. The molecule has 1 aromatic carbocycles. The van der Waals surface area contributed by atoms with E-state index in [4.69, 9.17) is 17.3 Å². The van der Waals surface area contributed by atoms with Gasteiger partial charge in [-0.3, -0.25) is 0 Å². The van der Waals surface area contributed by atoms with Crippen molar-refractivity contribution in [2.45, 2.75) is 44.2 Å². The lowest BCUT2D eigenvalue weighted by atomic mass is 9.81. The van der Waals surface area contributed by atoms with Gasteiger partial charge in [-0.25, -0.2) is 4.39 Å². The third-order valence-electron chi connectivity index (χ3n) is 3.83. The van der Waals surface area contributed by atoms with E-state index in [9.17, 15) is 9.50 Å². The summed E-state index contributed by atoms with van der Waals surface area (Å²) in [5.74, 6) is -0.257. The maximum absolute atomic E-state index is 13.4. The number of nitrogens with two attached hydrogens (primary N) is 1. The molecule has 5 heteroatoms. The molecule has 0 aromatic heterocycles. The van der Waals surface area contributed by atoms with Crippen LogP contribution < -0.4 is 5.73 Å². The fourth-order valence-electron chi connectivity index (χ4n) is 2.69. The van der Waals surface area contributed by atoms with Crippen LogP contribution in [0.25, 0.3) is 0 Å². The summed E-state index contributed by atoms with van der Waals surface area (Å²) in [6.45, 7) is 0. The highest BCUT2D eigenvalue weighted by molar-refractivity contribution is 6.30. The first kappa shape index (κ1) is 16.7. The highest BCUT2D eigenvalue weighted by Crippen LogP contribution is 2.32. The Bertz CT molecular complexity index is 410. The zero-order valence-corrected chi connectivity index (χ0v) is 12.3. The largest absolute Gasteiger partial charge is 0.391 e. The van der Waals surface area contributed by atoms with Crippen molar-refractivity contribution in [1.29, 1.82) is 0 Å². The van der Waals surface area contributed by atoms with Gasteiger partial charge in [0, 0.05) is 0 Å². The second kappa shape index (κ2) is 7.44. The van der Waals surface area contributed by atoms with E-state index in [1.54, 1.807) is 6.07 Å². The van der Waals surface area contributed by atoms with Gasteiger partial charge in [-0.2, -0.15) is 0 Å². The van der Waals surface area contributed by atoms with Gasteiger partial charge in [-0.15, -0.1) is 12.4 Å². The van der Waals surface area contributed by atoms with E-state index in [0.717, 1.165) is 25.7 Å². The van der Waals surface area contributed by atoms with Crippen LogP contribution in [0, 0.1) is 11.7 Å². The van der Waals surface area contributed by atoms with E-state index in [-0.39, 0.29) is 23.3 Å². The highest BCUT2D eigenvalue weighted by atomic mass is 35.5. The van der Waals surface area contributed by atoms with Crippen LogP contribution in [0.15, 0.2) is 18.2 Å². The topological polar surface area (TPSA) is 46.2 Å². The summed E-state index contributed by atoms with van der Waals surface area (Å²) < 4.78 is 13.4. The lowest BCUT2D eigenvalue weighted by Gasteiger charge is -2.30. The minimum absolute atomic E-state index is 0. The lowest BCUT2D eigenvalue weighted by Crippen LogP contribution is -2.34. The molecule has 0 spiro atoms. The Hall–Kier alpha value is -0.350. The van der Waals surface area contributed by atoms with E-state index in [1.807, 2.05) is 0 Å². The van der Waals surface area contributed by atoms with E-state index < -0.39 is 18.0 Å². The molecule has 108 valence electrons. The van der Waals surface area contributed by atoms with Gasteiger partial charge < -0.3 is 10.8 Å². The normalized spacial score (nSPS) is 19.6. The molecular formula is C14H20Cl2FNO. The monoisotopic (exact) mass is 307 g/mol. The van der Waals surface area contributed by atoms with E-state index in [0.29, 0.717) is 5.56 Å². The summed E-state index contributed by atoms with van der Waals surface area (Å²) in [5.41, 5.74) is 6.64. The zero-order valence-electron chi connectivity index (χ0n) is 10.7. The van der Waals surface area contributed by atoms with Crippen LogP contribution in [0.1, 0.15) is 43.7 Å². The molecule has 3 N–H and O–H groups in total. The van der Waals surface area contributed by atoms with Crippen LogP contribution in [0.2, 0.25) is 5.02 Å². The second-order valence-electron chi connectivity index (χ2n) is 5.09. The zero-order chi connectivity index (χ0) is 13.1. The van der Waals surface area contributed by atoms with E-state index in [2.05, 4.69) is 0 Å². The van der Waals surface area contributed by atoms with Crippen molar-refractivity contribution in [3.05, 3.63) is 34.6 Å². The molecule has 1 aliphatic carbocycles. The molecule has 0 saturated heterocycles. The van der Waals surface area contributed by atoms with Crippen LogP contribution in [-0.4, -0.2) is 11.2 Å². The average Bonchev–Trinajstić information content (AvgIpc) is 2.41. The molecule has 2 rings (SSSR count). The van der Waals surface area contributed by atoms with Crippen molar-refractivity contribution in [3.63, 3.8) is 0 Å². The molecule has 0 amide bonds. The first-order chi connectivity index (χ1) is 8.59. The van der Waals surface area contributed by atoms with Crippen molar-refractivity contribution in [1.82, 2.24) is 0 Å². The van der Waals surface area contributed by atoms with Crippen LogP contribution >= 0.6 is 24.0 Å². The minimum atomic E-state index is -0.606. The third-order valence-corrected chi connectivity index (χ3v) is 4.14. The van der Waals surface area contributed by atoms with Crippen molar-refractivity contribution in [3.8, 4) is 0 Å². The third kappa shape index (κ3) is 4.06. The maximum Gasteiger partial charge on any atom is 0.142 e. The molecule has 1 aromatic rings. The lowest BCUT2D eigenvalue weighted by molar-refractivity contribution is 0.0617. The number of benzene rings is 1. The number of aliphatic hydroxyl groups excluding tert-OH is 1. The molecular weight excluding hydrogens is 288 g/mol. The molecule has 0 heterocycles. The summed E-state index contributed by atoms with van der Waals surface area (Å²) in [6.07, 6.45) is 4.92. The van der Waals surface area contributed by atoms with Gasteiger partial charge in [0.1, 0.15) is 5.82 Å². The summed E-state index contributed by atoms with van der Waals surface area (Å²) in [6, 6.07) is 3.95. The smallest absolute Gasteiger partial charge is 0.142 e. The number of aliphatic hydroxyl groups is 1. The Morgan fingerprint density at radius 1 is 1.26 bits per heavy atom. The molecule has 1 fully saturated rings. The second-order valence-corrected chi connectivity index (χ2v) is 5.50. The first-order valence-corrected chi connectivity index (χ1v) is 6.86. The van der Waals surface area contributed by atoms with Gasteiger partial charge >= 0.3 is 0 Å². The number of hydrogen-bond acceptors (Lipinski definition) is 2. The Kier molecular flexibility index (Phi) is 6.54. The Labute approximate surface area is 124 Å². The van der Waals surface area contributed by atoms with Crippen LogP contribution in [0.5, 0.6) is 0 Å². The van der Waals surface area contributed by atoms with Gasteiger partial charge in [-0.05, 0) is 36.5 Å². The van der Waals surface area contributed by atoms with Gasteiger partial charge in [0.15, 0.2) is 0 Å². The summed E-state index contributed by atoms with van der Waals surface area (Å²) in [5, 5.41) is 10.4. The predicted octanol–water partition coefficient (Wildman–Crippen LogP) is 3.84. The van der Waals surface area contributed by atoms with Crippen molar-refractivity contribution < 1.29 is 9.50 Å². The Morgan fingerprint density at radius 2 is 1.89 bits per heavy atom. The van der Waals surface area contributed by atoms with Crippen LogP contribution in [0.3, 0.4) is 0 Å². The average molecular weight is 308 g/mol. The van der Waals surface area contributed by atoms with Crippen molar-refractivity contribution in [2.24, 2.45) is 11.7 Å². The number of rotatable bonds is 3. The summed E-state index contributed by atoms with van der Waals surface area (Å²) >= 11 is 5.64. The molecule has 19 heavy (non-hydrogen) atoms. The standard InChI is InChI=1S/C14H19ClFNO.ClH/c15-11-7-6-10(8-12(11)16)13(17)14(18)9-4-2-1-3-5-9;/h6-9,13-14,18H,1-5,17H2;1H/t13-,14+;/m0./s1. The van der Waals surface area contributed by atoms with Gasteiger partial charge in [0.2, 0.25) is 0 Å². The first-order valence-electron chi connectivity index (χ1n) is 6.48. The molecule has 0 aliphatic heterocycles. The van der Waals surface area contributed by atoms with Gasteiger partial charge in [0.05, 0.1) is 17.2 Å². The molecule has 0 unspecified atom stereocenters. The summed E-state index contributed by atoms with van der Waals surface area (Å²) in [4.78, 5) is 0. The highest BCUT2D eigenvalue weighted by Gasteiger charge is 2.27. The molecule has 0 radical (unpaired) electrons. The Morgan fingerprint density at radius 3 is 2.47 bits per heavy atom. The Balaban J connectivity index is 0.00000180. The van der Waals surface area contributed by atoms with Crippen molar-refractivity contribution in [2.75, 3.05) is 0 Å². The maximum atomic E-state index is 13.4. The van der Waals surface area contributed by atoms with Crippen molar-refractivity contribution >= 4 is 24.0 Å². The molecule has 0 bridgehead atoms. The number of halogens is 3. The van der Waals surface area contributed by atoms with E-state index >= 15 is 0 Å². The molecule has 1 aliphatic rings. The van der Waals surface area contributed by atoms with Gasteiger partial charge in [-0.1, -0.05) is 36.9 Å².